The Morgan fingerprint density at radius 1 is 1.19 bits per heavy atom. The zero-order valence-electron chi connectivity index (χ0n) is 8.22. The molecule has 4 heteroatoms. The van der Waals surface area contributed by atoms with Crippen molar-refractivity contribution in [2.75, 3.05) is 0 Å². The number of benzene rings is 1. The summed E-state index contributed by atoms with van der Waals surface area (Å²) >= 11 is 6.01. The molecule has 0 aliphatic rings. The van der Waals surface area contributed by atoms with Crippen LogP contribution < -0.4 is 0 Å². The molecule has 16 heavy (non-hydrogen) atoms. The average Bonchev–Trinajstić information content (AvgIpc) is 2.29. The van der Waals surface area contributed by atoms with Crippen LogP contribution in [0, 0.1) is 0 Å². The third-order valence-corrected chi connectivity index (χ3v) is 2.55. The van der Waals surface area contributed by atoms with Crippen molar-refractivity contribution >= 4 is 17.6 Å². The van der Waals surface area contributed by atoms with Crippen LogP contribution in [-0.4, -0.2) is 16.1 Å². The maximum atomic E-state index is 11.0. The van der Waals surface area contributed by atoms with Gasteiger partial charge in [0.25, 0.3) is 0 Å². The summed E-state index contributed by atoms with van der Waals surface area (Å²) in [5.41, 5.74) is 1.40. The highest BCUT2D eigenvalue weighted by Gasteiger charge is 2.13. The number of hydrogen-bond donors (Lipinski definition) is 1. The van der Waals surface area contributed by atoms with Crippen molar-refractivity contribution in [3.8, 4) is 11.1 Å². The Labute approximate surface area is 97.3 Å². The lowest BCUT2D eigenvalue weighted by atomic mass is 10.0. The van der Waals surface area contributed by atoms with E-state index in [4.69, 9.17) is 16.7 Å². The number of carbonyl (C=O) groups is 1. The monoisotopic (exact) mass is 233 g/mol. The van der Waals surface area contributed by atoms with Crippen LogP contribution >= 0.6 is 11.6 Å². The van der Waals surface area contributed by atoms with Crippen molar-refractivity contribution in [1.82, 2.24) is 4.98 Å². The smallest absolute Gasteiger partial charge is 0.336 e. The van der Waals surface area contributed by atoms with E-state index in [1.807, 2.05) is 0 Å². The van der Waals surface area contributed by atoms with E-state index in [9.17, 15) is 4.79 Å². The molecule has 2 aromatic rings. The fourth-order valence-corrected chi connectivity index (χ4v) is 1.71. The number of aromatic nitrogens is 1. The minimum atomic E-state index is -0.989. The molecule has 2 rings (SSSR count). The van der Waals surface area contributed by atoms with E-state index in [1.165, 1.54) is 18.5 Å². The quantitative estimate of drug-likeness (QED) is 0.867. The average molecular weight is 234 g/mol. The molecule has 0 aliphatic heterocycles. The molecule has 1 N–H and O–H groups in total. The molecule has 0 saturated carbocycles. The van der Waals surface area contributed by atoms with Gasteiger partial charge in [0.05, 0.1) is 5.56 Å². The number of hydrogen-bond acceptors (Lipinski definition) is 2. The second-order valence-electron chi connectivity index (χ2n) is 3.21. The van der Waals surface area contributed by atoms with Gasteiger partial charge in [-0.25, -0.2) is 4.79 Å². The van der Waals surface area contributed by atoms with Crippen LogP contribution in [0.4, 0.5) is 0 Å². The number of carboxylic acids is 1. The largest absolute Gasteiger partial charge is 0.478 e. The van der Waals surface area contributed by atoms with Crippen molar-refractivity contribution < 1.29 is 9.90 Å². The van der Waals surface area contributed by atoms with E-state index < -0.39 is 5.97 Å². The summed E-state index contributed by atoms with van der Waals surface area (Å²) in [6.45, 7) is 0. The van der Waals surface area contributed by atoms with E-state index in [-0.39, 0.29) is 5.56 Å². The standard InChI is InChI=1S/C12H8ClNO2/c13-11-4-2-1-3-8(11)10-7-14-6-5-9(10)12(15)16/h1-7H,(H,15,16). The van der Waals surface area contributed by atoms with Crippen molar-refractivity contribution in [3.05, 3.63) is 53.3 Å². The predicted molar refractivity (Wildman–Crippen MR) is 61.6 cm³/mol. The van der Waals surface area contributed by atoms with Crippen LogP contribution in [0.15, 0.2) is 42.7 Å². The molecule has 0 fully saturated rings. The van der Waals surface area contributed by atoms with Crippen LogP contribution in [-0.2, 0) is 0 Å². The van der Waals surface area contributed by atoms with Gasteiger partial charge >= 0.3 is 5.97 Å². The normalized spacial score (nSPS) is 10.1. The van der Waals surface area contributed by atoms with E-state index >= 15 is 0 Å². The van der Waals surface area contributed by atoms with Crippen molar-refractivity contribution in [3.63, 3.8) is 0 Å². The van der Waals surface area contributed by atoms with Crippen LogP contribution in [0.3, 0.4) is 0 Å². The highest BCUT2D eigenvalue weighted by Crippen LogP contribution is 2.29. The first-order valence-electron chi connectivity index (χ1n) is 4.62. The molecule has 0 aliphatic carbocycles. The maximum absolute atomic E-state index is 11.0. The van der Waals surface area contributed by atoms with Gasteiger partial charge in [0.2, 0.25) is 0 Å². The molecule has 0 bridgehead atoms. The summed E-state index contributed by atoms with van der Waals surface area (Å²) in [7, 11) is 0. The molecule has 1 aromatic carbocycles. The van der Waals surface area contributed by atoms with Crippen molar-refractivity contribution in [1.29, 1.82) is 0 Å². The lowest BCUT2D eigenvalue weighted by molar-refractivity contribution is 0.0697. The highest BCUT2D eigenvalue weighted by molar-refractivity contribution is 6.33. The molecule has 0 unspecified atom stereocenters. The van der Waals surface area contributed by atoms with E-state index in [1.54, 1.807) is 24.3 Å². The van der Waals surface area contributed by atoms with Crippen molar-refractivity contribution in [2.45, 2.75) is 0 Å². The maximum Gasteiger partial charge on any atom is 0.336 e. The zero-order chi connectivity index (χ0) is 11.5. The molecule has 0 radical (unpaired) electrons. The Kier molecular flexibility index (Phi) is 2.88. The summed E-state index contributed by atoms with van der Waals surface area (Å²) in [5.74, 6) is -0.989. The Morgan fingerprint density at radius 2 is 1.94 bits per heavy atom. The third kappa shape index (κ3) is 1.90. The van der Waals surface area contributed by atoms with Gasteiger partial charge in [0, 0.05) is 28.5 Å². The topological polar surface area (TPSA) is 50.2 Å². The molecule has 3 nitrogen and oxygen atoms in total. The van der Waals surface area contributed by atoms with Crippen molar-refractivity contribution in [2.24, 2.45) is 0 Å². The van der Waals surface area contributed by atoms with Gasteiger partial charge in [-0.3, -0.25) is 4.98 Å². The van der Waals surface area contributed by atoms with Crippen LogP contribution in [0.2, 0.25) is 5.02 Å². The first-order valence-corrected chi connectivity index (χ1v) is 5.00. The number of nitrogens with zero attached hydrogens (tertiary/aromatic N) is 1. The Bertz CT molecular complexity index is 540. The summed E-state index contributed by atoms with van der Waals surface area (Å²) in [6, 6.07) is 8.55. The number of pyridine rings is 1. The lowest BCUT2D eigenvalue weighted by Crippen LogP contribution is -2.00. The summed E-state index contributed by atoms with van der Waals surface area (Å²) in [6.07, 6.45) is 2.95. The first kappa shape index (κ1) is 10.6. The minimum Gasteiger partial charge on any atom is -0.478 e. The van der Waals surface area contributed by atoms with Gasteiger partial charge in [-0.2, -0.15) is 0 Å². The summed E-state index contributed by atoms with van der Waals surface area (Å²) in [5, 5.41) is 9.56. The summed E-state index contributed by atoms with van der Waals surface area (Å²) < 4.78 is 0. The Hall–Kier alpha value is -1.87. The zero-order valence-corrected chi connectivity index (χ0v) is 8.98. The van der Waals surface area contributed by atoms with Crippen LogP contribution in [0.25, 0.3) is 11.1 Å². The molecule has 1 heterocycles. The number of aromatic carboxylic acids is 1. The highest BCUT2D eigenvalue weighted by atomic mass is 35.5. The van der Waals surface area contributed by atoms with Gasteiger partial charge in [0.1, 0.15) is 0 Å². The fraction of sp³-hybridized carbons (Fsp3) is 0. The predicted octanol–water partition coefficient (Wildman–Crippen LogP) is 3.10. The van der Waals surface area contributed by atoms with E-state index in [0.717, 1.165) is 0 Å². The van der Waals surface area contributed by atoms with Gasteiger partial charge in [-0.1, -0.05) is 29.8 Å². The van der Waals surface area contributed by atoms with Gasteiger partial charge in [-0.05, 0) is 12.1 Å². The lowest BCUT2D eigenvalue weighted by Gasteiger charge is -2.06. The number of halogens is 1. The number of rotatable bonds is 2. The molecule has 80 valence electrons. The third-order valence-electron chi connectivity index (χ3n) is 2.22. The molecule has 0 spiro atoms. The Morgan fingerprint density at radius 3 is 2.62 bits per heavy atom. The SMILES string of the molecule is O=C(O)c1ccncc1-c1ccccc1Cl. The molecule has 1 aromatic heterocycles. The molecule has 0 amide bonds. The molecule has 0 atom stereocenters. The molecular formula is C12H8ClNO2. The summed E-state index contributed by atoms with van der Waals surface area (Å²) in [4.78, 5) is 15.0. The van der Waals surface area contributed by atoms with Crippen LogP contribution in [0.5, 0.6) is 0 Å². The fourth-order valence-electron chi connectivity index (χ4n) is 1.48. The minimum absolute atomic E-state index is 0.197. The Balaban J connectivity index is 2.65. The van der Waals surface area contributed by atoms with Crippen LogP contribution in [0.1, 0.15) is 10.4 Å². The van der Waals surface area contributed by atoms with Gasteiger partial charge < -0.3 is 5.11 Å². The van der Waals surface area contributed by atoms with E-state index in [2.05, 4.69) is 4.98 Å². The van der Waals surface area contributed by atoms with Gasteiger partial charge in [-0.15, -0.1) is 0 Å². The second kappa shape index (κ2) is 4.33. The first-order chi connectivity index (χ1) is 7.70. The van der Waals surface area contributed by atoms with E-state index in [0.29, 0.717) is 16.1 Å². The van der Waals surface area contributed by atoms with Gasteiger partial charge in [0.15, 0.2) is 0 Å². The molecular weight excluding hydrogens is 226 g/mol. The number of carboxylic acid groups (broad SMARTS) is 1. The second-order valence-corrected chi connectivity index (χ2v) is 3.61. The molecule has 0 saturated heterocycles.